The van der Waals surface area contributed by atoms with E-state index in [-0.39, 0.29) is 24.0 Å². The summed E-state index contributed by atoms with van der Waals surface area (Å²) in [5.41, 5.74) is 3.12. The third kappa shape index (κ3) is 6.84. The quantitative estimate of drug-likeness (QED) is 0.212. The molecule has 0 atom stereocenters. The maximum Gasteiger partial charge on any atom is 0.191 e. The summed E-state index contributed by atoms with van der Waals surface area (Å²) in [6.07, 6.45) is 6.61. The van der Waals surface area contributed by atoms with Crippen molar-refractivity contribution in [1.29, 1.82) is 0 Å². The summed E-state index contributed by atoms with van der Waals surface area (Å²) in [7, 11) is 0. The van der Waals surface area contributed by atoms with Crippen LogP contribution in [0.15, 0.2) is 47.8 Å². The topological polar surface area (TPSA) is 85.0 Å². The van der Waals surface area contributed by atoms with Gasteiger partial charge in [-0.05, 0) is 51.0 Å². The Kier molecular flexibility index (Phi) is 9.10. The van der Waals surface area contributed by atoms with Crippen LogP contribution < -0.4 is 10.6 Å². The Balaban J connectivity index is 0.00000300. The van der Waals surface area contributed by atoms with E-state index >= 15 is 0 Å². The highest BCUT2D eigenvalue weighted by Gasteiger charge is 2.05. The lowest BCUT2D eigenvalue weighted by atomic mass is 10.3. The Labute approximate surface area is 188 Å². The number of aromatic nitrogens is 5. The highest BCUT2D eigenvalue weighted by molar-refractivity contribution is 14.0. The van der Waals surface area contributed by atoms with Gasteiger partial charge in [-0.15, -0.1) is 24.0 Å². The number of guanidine groups is 1. The first-order chi connectivity index (χ1) is 13.7. The van der Waals surface area contributed by atoms with Crippen LogP contribution in [-0.2, 0) is 13.1 Å². The molecule has 3 heterocycles. The molecule has 156 valence electrons. The third-order valence-electron chi connectivity index (χ3n) is 4.22. The molecule has 0 amide bonds. The Morgan fingerprint density at radius 1 is 1.21 bits per heavy atom. The predicted molar refractivity (Wildman–Crippen MR) is 126 cm³/mol. The minimum absolute atomic E-state index is 0. The van der Waals surface area contributed by atoms with Crippen molar-refractivity contribution < 1.29 is 0 Å². The van der Waals surface area contributed by atoms with Gasteiger partial charge in [-0.1, -0.05) is 6.07 Å². The molecule has 0 aliphatic heterocycles. The maximum atomic E-state index is 4.65. The van der Waals surface area contributed by atoms with Gasteiger partial charge in [-0.25, -0.2) is 14.7 Å². The summed E-state index contributed by atoms with van der Waals surface area (Å²) in [5, 5.41) is 15.3. The molecule has 0 saturated carbocycles. The largest absolute Gasteiger partial charge is 0.357 e. The molecule has 0 unspecified atom stereocenters. The number of aliphatic imine (C=N–C) groups is 1. The van der Waals surface area contributed by atoms with Gasteiger partial charge in [-0.2, -0.15) is 10.2 Å². The van der Waals surface area contributed by atoms with Crippen molar-refractivity contribution in [2.24, 2.45) is 4.99 Å². The molecule has 2 N–H and O–H groups in total. The Morgan fingerprint density at radius 2 is 2.07 bits per heavy atom. The van der Waals surface area contributed by atoms with Crippen molar-refractivity contribution >= 4 is 29.9 Å². The molecule has 8 nitrogen and oxygen atoms in total. The summed E-state index contributed by atoms with van der Waals surface area (Å²) in [6.45, 7) is 9.18. The highest BCUT2D eigenvalue weighted by atomic mass is 127. The third-order valence-corrected chi connectivity index (χ3v) is 4.22. The molecular weight excluding hydrogens is 479 g/mol. The zero-order valence-corrected chi connectivity index (χ0v) is 19.5. The van der Waals surface area contributed by atoms with Crippen molar-refractivity contribution in [3.63, 3.8) is 0 Å². The molecule has 0 aromatic carbocycles. The summed E-state index contributed by atoms with van der Waals surface area (Å²) in [5.74, 6) is 1.63. The Hall–Kier alpha value is -2.43. The summed E-state index contributed by atoms with van der Waals surface area (Å²) in [4.78, 5) is 9.18. The van der Waals surface area contributed by atoms with Crippen LogP contribution in [0.2, 0.25) is 0 Å². The molecule has 0 fully saturated rings. The van der Waals surface area contributed by atoms with Gasteiger partial charge in [0, 0.05) is 43.9 Å². The number of rotatable bonds is 8. The number of halogens is 1. The molecule has 3 aromatic rings. The van der Waals surface area contributed by atoms with Gasteiger partial charge in [0.15, 0.2) is 11.8 Å². The predicted octanol–water partition coefficient (Wildman–Crippen LogP) is 2.84. The SMILES string of the molecule is CCNC(=NCc1ccc(-n2nc(C)cc2C)nc1)NCCCn1cccn1.I. The lowest BCUT2D eigenvalue weighted by molar-refractivity contribution is 0.570. The van der Waals surface area contributed by atoms with Crippen molar-refractivity contribution in [3.8, 4) is 5.82 Å². The zero-order chi connectivity index (χ0) is 19.8. The normalized spacial score (nSPS) is 11.2. The van der Waals surface area contributed by atoms with Crippen LogP contribution in [0.4, 0.5) is 0 Å². The van der Waals surface area contributed by atoms with Gasteiger partial charge in [0.25, 0.3) is 0 Å². The fraction of sp³-hybridized carbons (Fsp3) is 0.400. The Morgan fingerprint density at radius 3 is 2.69 bits per heavy atom. The number of hydrogen-bond donors (Lipinski definition) is 2. The van der Waals surface area contributed by atoms with E-state index in [1.54, 1.807) is 6.20 Å². The van der Waals surface area contributed by atoms with E-state index < -0.39 is 0 Å². The average Bonchev–Trinajstić information content (AvgIpc) is 3.32. The fourth-order valence-electron chi connectivity index (χ4n) is 2.89. The van der Waals surface area contributed by atoms with E-state index in [0.717, 1.165) is 54.8 Å². The van der Waals surface area contributed by atoms with Gasteiger partial charge in [-0.3, -0.25) is 4.68 Å². The van der Waals surface area contributed by atoms with Crippen molar-refractivity contribution in [1.82, 2.24) is 35.2 Å². The van der Waals surface area contributed by atoms with E-state index in [0.29, 0.717) is 6.54 Å². The monoisotopic (exact) mass is 508 g/mol. The van der Waals surface area contributed by atoms with Crippen LogP contribution in [-0.4, -0.2) is 43.6 Å². The van der Waals surface area contributed by atoms with Gasteiger partial charge in [0.1, 0.15) is 0 Å². The molecule has 29 heavy (non-hydrogen) atoms. The number of pyridine rings is 1. The first kappa shape index (κ1) is 22.9. The van der Waals surface area contributed by atoms with Crippen LogP contribution in [0.3, 0.4) is 0 Å². The molecule has 0 radical (unpaired) electrons. The minimum atomic E-state index is 0. The first-order valence-electron chi connectivity index (χ1n) is 9.64. The lowest BCUT2D eigenvalue weighted by Crippen LogP contribution is -2.38. The van der Waals surface area contributed by atoms with Crippen LogP contribution in [0, 0.1) is 13.8 Å². The van der Waals surface area contributed by atoms with Crippen LogP contribution in [0.25, 0.3) is 5.82 Å². The smallest absolute Gasteiger partial charge is 0.191 e. The summed E-state index contributed by atoms with van der Waals surface area (Å²) in [6, 6.07) is 8.01. The van der Waals surface area contributed by atoms with Crippen molar-refractivity contribution in [2.75, 3.05) is 13.1 Å². The second-order valence-corrected chi connectivity index (χ2v) is 6.61. The second-order valence-electron chi connectivity index (χ2n) is 6.61. The van der Waals surface area contributed by atoms with Crippen molar-refractivity contribution in [3.05, 3.63) is 59.8 Å². The zero-order valence-electron chi connectivity index (χ0n) is 17.2. The standard InChI is InChI=1S/C20H28N8.HI/c1-4-21-20(22-9-5-11-27-12-6-10-25-27)24-15-18-7-8-19(23-14-18)28-17(3)13-16(2)26-28;/h6-8,10,12-14H,4-5,9,11,15H2,1-3H3,(H2,21,22,24);1H. The second kappa shape index (κ2) is 11.5. The van der Waals surface area contributed by atoms with E-state index in [2.05, 4.69) is 37.7 Å². The van der Waals surface area contributed by atoms with Gasteiger partial charge in [0.2, 0.25) is 0 Å². The molecular formula is C20H29IN8. The Bertz CT molecular complexity index is 884. The van der Waals surface area contributed by atoms with Gasteiger partial charge in [0.05, 0.1) is 12.2 Å². The highest BCUT2D eigenvalue weighted by Crippen LogP contribution is 2.10. The minimum Gasteiger partial charge on any atom is -0.357 e. The fourth-order valence-corrected chi connectivity index (χ4v) is 2.89. The summed E-state index contributed by atoms with van der Waals surface area (Å²) >= 11 is 0. The van der Waals surface area contributed by atoms with E-state index in [4.69, 9.17) is 0 Å². The van der Waals surface area contributed by atoms with Crippen LogP contribution in [0.1, 0.15) is 30.3 Å². The molecule has 3 rings (SSSR count). The van der Waals surface area contributed by atoms with E-state index in [1.165, 1.54) is 0 Å². The number of nitrogens with one attached hydrogen (secondary N) is 2. The lowest BCUT2D eigenvalue weighted by Gasteiger charge is -2.11. The summed E-state index contributed by atoms with van der Waals surface area (Å²) < 4.78 is 3.79. The van der Waals surface area contributed by atoms with Crippen LogP contribution in [0.5, 0.6) is 0 Å². The molecule has 0 spiro atoms. The van der Waals surface area contributed by atoms with E-state index in [9.17, 15) is 0 Å². The van der Waals surface area contributed by atoms with Gasteiger partial charge >= 0.3 is 0 Å². The maximum absolute atomic E-state index is 4.65. The van der Waals surface area contributed by atoms with Crippen LogP contribution >= 0.6 is 24.0 Å². The van der Waals surface area contributed by atoms with E-state index in [1.807, 2.05) is 59.9 Å². The molecule has 0 aliphatic carbocycles. The number of aryl methyl sites for hydroxylation is 3. The molecule has 0 bridgehead atoms. The number of hydrogen-bond acceptors (Lipinski definition) is 4. The molecule has 0 saturated heterocycles. The molecule has 0 aliphatic rings. The van der Waals surface area contributed by atoms with Crippen molar-refractivity contribution in [2.45, 2.75) is 40.3 Å². The molecule has 9 heteroatoms. The van der Waals surface area contributed by atoms with Gasteiger partial charge < -0.3 is 10.6 Å². The average molecular weight is 508 g/mol. The first-order valence-corrected chi connectivity index (χ1v) is 9.64. The number of nitrogens with zero attached hydrogens (tertiary/aromatic N) is 6. The molecule has 3 aromatic heterocycles.